The van der Waals surface area contributed by atoms with Crippen molar-refractivity contribution in [3.05, 3.63) is 42.0 Å². The van der Waals surface area contributed by atoms with Gasteiger partial charge in [0, 0.05) is 0 Å². The second-order valence-corrected chi connectivity index (χ2v) is 2.94. The molecule has 0 aliphatic heterocycles. The Labute approximate surface area is 78.1 Å². The monoisotopic (exact) mass is 175 g/mol. The maximum atomic E-state index is 11.1. The lowest BCUT2D eigenvalue weighted by atomic mass is 10.1. The topological polar surface area (TPSA) is 43.1 Å². The third-order valence-corrected chi connectivity index (χ3v) is 1.69. The Morgan fingerprint density at radius 2 is 2.00 bits per heavy atom. The second-order valence-electron chi connectivity index (χ2n) is 2.94. The van der Waals surface area contributed by atoms with Gasteiger partial charge in [0.1, 0.15) is 0 Å². The lowest BCUT2D eigenvalue weighted by Crippen LogP contribution is -2.24. The van der Waals surface area contributed by atoms with Gasteiger partial charge < -0.3 is 5.73 Å². The molecule has 1 aromatic carbocycles. The Kier molecular flexibility index (Phi) is 3.41. The maximum absolute atomic E-state index is 11.1. The first kappa shape index (κ1) is 9.68. The van der Waals surface area contributed by atoms with Crippen molar-refractivity contribution in [2.75, 3.05) is 0 Å². The van der Waals surface area contributed by atoms with E-state index in [9.17, 15) is 4.79 Å². The van der Waals surface area contributed by atoms with Crippen molar-refractivity contribution < 1.29 is 4.79 Å². The van der Waals surface area contributed by atoms with Crippen LogP contribution < -0.4 is 5.73 Å². The highest BCUT2D eigenvalue weighted by molar-refractivity contribution is 5.97. The predicted octanol–water partition coefficient (Wildman–Crippen LogP) is 1.62. The zero-order valence-electron chi connectivity index (χ0n) is 7.60. The van der Waals surface area contributed by atoms with Crippen molar-refractivity contribution >= 4 is 11.9 Å². The van der Waals surface area contributed by atoms with Crippen LogP contribution in [0.4, 0.5) is 0 Å². The van der Waals surface area contributed by atoms with Gasteiger partial charge in [0.15, 0.2) is 5.78 Å². The Morgan fingerprint density at radius 3 is 2.54 bits per heavy atom. The number of nitrogens with two attached hydrogens (primary N) is 1. The molecule has 0 amide bonds. The molecule has 1 aromatic rings. The molecule has 0 heterocycles. The quantitative estimate of drug-likeness (QED) is 0.709. The minimum Gasteiger partial charge on any atom is -0.321 e. The summed E-state index contributed by atoms with van der Waals surface area (Å²) in [6, 6.07) is 9.24. The molecule has 0 saturated carbocycles. The fraction of sp³-hybridized carbons (Fsp3) is 0.182. The molecule has 1 rings (SSSR count). The third-order valence-electron chi connectivity index (χ3n) is 1.69. The maximum Gasteiger partial charge on any atom is 0.172 e. The highest BCUT2D eigenvalue weighted by Gasteiger charge is 2.00. The molecule has 1 atom stereocenters. The first-order valence-corrected chi connectivity index (χ1v) is 4.22. The molecular weight excluding hydrogens is 162 g/mol. The number of hydrogen-bond donors (Lipinski definition) is 1. The smallest absolute Gasteiger partial charge is 0.172 e. The van der Waals surface area contributed by atoms with Crippen LogP contribution in [-0.4, -0.2) is 11.8 Å². The van der Waals surface area contributed by atoms with Crippen molar-refractivity contribution in [3.8, 4) is 0 Å². The predicted molar refractivity (Wildman–Crippen MR) is 54.1 cm³/mol. The SMILES string of the molecule is C[C@H](N)C(=O)C=Cc1ccccc1. The molecule has 0 bridgehead atoms. The Morgan fingerprint density at radius 1 is 1.38 bits per heavy atom. The first-order chi connectivity index (χ1) is 6.20. The molecule has 2 N–H and O–H groups in total. The van der Waals surface area contributed by atoms with Gasteiger partial charge in [-0.05, 0) is 18.6 Å². The third kappa shape index (κ3) is 3.22. The summed E-state index contributed by atoms with van der Waals surface area (Å²) in [6.45, 7) is 1.68. The van der Waals surface area contributed by atoms with Crippen molar-refractivity contribution in [1.82, 2.24) is 0 Å². The average Bonchev–Trinajstić information content (AvgIpc) is 2.15. The average molecular weight is 175 g/mol. The van der Waals surface area contributed by atoms with Crippen LogP contribution in [0, 0.1) is 0 Å². The van der Waals surface area contributed by atoms with E-state index in [2.05, 4.69) is 0 Å². The summed E-state index contributed by atoms with van der Waals surface area (Å²) in [7, 11) is 0. The van der Waals surface area contributed by atoms with E-state index in [1.54, 1.807) is 13.0 Å². The Bertz CT molecular complexity index is 301. The van der Waals surface area contributed by atoms with Crippen LogP contribution >= 0.6 is 0 Å². The van der Waals surface area contributed by atoms with Crippen LogP contribution in [0.1, 0.15) is 12.5 Å². The van der Waals surface area contributed by atoms with E-state index in [4.69, 9.17) is 5.73 Å². The van der Waals surface area contributed by atoms with E-state index in [-0.39, 0.29) is 5.78 Å². The molecule has 2 heteroatoms. The molecule has 0 aliphatic carbocycles. The van der Waals surface area contributed by atoms with Crippen LogP contribution in [0.5, 0.6) is 0 Å². The van der Waals surface area contributed by atoms with Crippen LogP contribution in [0.25, 0.3) is 6.08 Å². The van der Waals surface area contributed by atoms with Gasteiger partial charge in [-0.25, -0.2) is 0 Å². The fourth-order valence-corrected chi connectivity index (χ4v) is 0.894. The summed E-state index contributed by atoms with van der Waals surface area (Å²) in [4.78, 5) is 11.1. The van der Waals surface area contributed by atoms with Gasteiger partial charge in [0.05, 0.1) is 6.04 Å². The van der Waals surface area contributed by atoms with Crippen LogP contribution in [0.15, 0.2) is 36.4 Å². The highest BCUT2D eigenvalue weighted by atomic mass is 16.1. The molecule has 0 radical (unpaired) electrons. The lowest BCUT2D eigenvalue weighted by molar-refractivity contribution is -0.115. The van der Waals surface area contributed by atoms with Gasteiger partial charge in [0.25, 0.3) is 0 Å². The number of carbonyl (C=O) groups excluding carboxylic acids is 1. The summed E-state index contributed by atoms with van der Waals surface area (Å²) in [5, 5.41) is 0. The molecule has 68 valence electrons. The molecule has 2 nitrogen and oxygen atoms in total. The second kappa shape index (κ2) is 4.58. The van der Waals surface area contributed by atoms with Crippen molar-refractivity contribution in [2.45, 2.75) is 13.0 Å². The van der Waals surface area contributed by atoms with E-state index in [1.165, 1.54) is 6.08 Å². The van der Waals surface area contributed by atoms with E-state index >= 15 is 0 Å². The Hall–Kier alpha value is -1.41. The van der Waals surface area contributed by atoms with E-state index in [1.807, 2.05) is 30.3 Å². The minimum absolute atomic E-state index is 0.0520. The largest absolute Gasteiger partial charge is 0.321 e. The van der Waals surface area contributed by atoms with E-state index in [0.29, 0.717) is 0 Å². The summed E-state index contributed by atoms with van der Waals surface area (Å²) in [6.07, 6.45) is 3.28. The van der Waals surface area contributed by atoms with E-state index < -0.39 is 6.04 Å². The lowest BCUT2D eigenvalue weighted by Gasteiger charge is -1.96. The molecule has 13 heavy (non-hydrogen) atoms. The molecule has 0 unspecified atom stereocenters. The molecular formula is C11H13NO. The number of hydrogen-bond acceptors (Lipinski definition) is 2. The minimum atomic E-state index is -0.417. The van der Waals surface area contributed by atoms with Gasteiger partial charge >= 0.3 is 0 Å². The van der Waals surface area contributed by atoms with Gasteiger partial charge in [-0.1, -0.05) is 36.4 Å². The van der Waals surface area contributed by atoms with Crippen molar-refractivity contribution in [2.24, 2.45) is 5.73 Å². The van der Waals surface area contributed by atoms with E-state index in [0.717, 1.165) is 5.56 Å². The summed E-state index contributed by atoms with van der Waals surface area (Å²) >= 11 is 0. The summed E-state index contributed by atoms with van der Waals surface area (Å²) in [5.41, 5.74) is 6.41. The fourth-order valence-electron chi connectivity index (χ4n) is 0.894. The standard InChI is InChI=1S/C11H13NO/c1-9(12)11(13)8-7-10-5-3-2-4-6-10/h2-9H,12H2,1H3/t9-/m0/s1. The first-order valence-electron chi connectivity index (χ1n) is 4.22. The van der Waals surface area contributed by atoms with Crippen molar-refractivity contribution in [3.63, 3.8) is 0 Å². The van der Waals surface area contributed by atoms with Crippen LogP contribution in [0.2, 0.25) is 0 Å². The normalized spacial score (nSPS) is 13.1. The number of benzene rings is 1. The number of ketones is 1. The van der Waals surface area contributed by atoms with Crippen LogP contribution in [0.3, 0.4) is 0 Å². The zero-order valence-corrected chi connectivity index (χ0v) is 7.60. The van der Waals surface area contributed by atoms with Crippen LogP contribution in [-0.2, 0) is 4.79 Å². The molecule has 0 aliphatic rings. The summed E-state index contributed by atoms with van der Waals surface area (Å²) in [5.74, 6) is -0.0520. The zero-order chi connectivity index (χ0) is 9.68. The highest BCUT2D eigenvalue weighted by Crippen LogP contribution is 2.01. The molecule has 0 fully saturated rings. The van der Waals surface area contributed by atoms with Crippen molar-refractivity contribution in [1.29, 1.82) is 0 Å². The summed E-state index contributed by atoms with van der Waals surface area (Å²) < 4.78 is 0. The number of carbonyl (C=O) groups is 1. The number of rotatable bonds is 3. The van der Waals surface area contributed by atoms with Gasteiger partial charge in [0.2, 0.25) is 0 Å². The molecule has 0 aromatic heterocycles. The Balaban J connectivity index is 2.64. The van der Waals surface area contributed by atoms with Gasteiger partial charge in [-0.15, -0.1) is 0 Å². The van der Waals surface area contributed by atoms with Gasteiger partial charge in [-0.2, -0.15) is 0 Å². The molecule has 0 saturated heterocycles. The van der Waals surface area contributed by atoms with Gasteiger partial charge in [-0.3, -0.25) is 4.79 Å². The molecule has 0 spiro atoms.